The molecule has 3 nitrogen and oxygen atoms in total. The number of hydrogen-bond donors (Lipinski definition) is 2. The molecule has 0 spiro atoms. The van der Waals surface area contributed by atoms with Gasteiger partial charge in [-0.3, -0.25) is 0 Å². The maximum Gasteiger partial charge on any atom is 0.128 e. The summed E-state index contributed by atoms with van der Waals surface area (Å²) in [6, 6.07) is 9.93. The molecule has 1 heterocycles. The van der Waals surface area contributed by atoms with Crippen LogP contribution in [0.15, 0.2) is 30.3 Å². The smallest absolute Gasteiger partial charge is 0.128 e. The van der Waals surface area contributed by atoms with Crippen LogP contribution in [0.1, 0.15) is 31.2 Å². The van der Waals surface area contributed by atoms with Crippen molar-refractivity contribution in [3.05, 3.63) is 35.9 Å². The third kappa shape index (κ3) is 2.91. The van der Waals surface area contributed by atoms with Crippen LogP contribution in [0.4, 0.5) is 0 Å². The van der Waals surface area contributed by atoms with Crippen LogP contribution >= 0.6 is 0 Å². The average molecular weight is 249 g/mol. The highest BCUT2D eigenvalue weighted by atomic mass is 16.5. The molecular weight excluding hydrogens is 226 g/mol. The van der Waals surface area contributed by atoms with E-state index < -0.39 is 5.60 Å². The van der Waals surface area contributed by atoms with E-state index in [0.717, 1.165) is 24.9 Å². The highest BCUT2D eigenvalue weighted by molar-refractivity contribution is 5.25. The van der Waals surface area contributed by atoms with Gasteiger partial charge in [-0.25, -0.2) is 0 Å². The van der Waals surface area contributed by atoms with Crippen LogP contribution in [0.2, 0.25) is 0 Å². The van der Waals surface area contributed by atoms with E-state index in [1.807, 2.05) is 30.3 Å². The van der Waals surface area contributed by atoms with Crippen molar-refractivity contribution in [3.8, 4) is 0 Å². The zero-order chi connectivity index (χ0) is 12.8. The molecule has 2 atom stereocenters. The molecule has 1 saturated heterocycles. The first-order chi connectivity index (χ1) is 8.77. The molecule has 2 N–H and O–H groups in total. The summed E-state index contributed by atoms with van der Waals surface area (Å²) in [5.74, 6) is 0. The second-order valence-corrected chi connectivity index (χ2v) is 5.08. The van der Waals surface area contributed by atoms with E-state index in [-0.39, 0.29) is 6.04 Å². The predicted octanol–water partition coefficient (Wildman–Crippen LogP) is 2.05. The molecule has 0 radical (unpaired) electrons. The zero-order valence-electron chi connectivity index (χ0n) is 11.1. The fraction of sp³-hybridized carbons (Fsp3) is 0.600. The van der Waals surface area contributed by atoms with Crippen LogP contribution in [0.3, 0.4) is 0 Å². The van der Waals surface area contributed by atoms with Gasteiger partial charge in [0.15, 0.2) is 0 Å². The van der Waals surface area contributed by atoms with E-state index in [4.69, 9.17) is 4.74 Å². The van der Waals surface area contributed by atoms with Crippen molar-refractivity contribution in [2.75, 3.05) is 20.3 Å². The zero-order valence-corrected chi connectivity index (χ0v) is 11.1. The molecule has 0 saturated carbocycles. The van der Waals surface area contributed by atoms with Gasteiger partial charge >= 0.3 is 0 Å². The molecule has 0 aliphatic carbocycles. The van der Waals surface area contributed by atoms with Crippen molar-refractivity contribution in [1.29, 1.82) is 0 Å². The number of rotatable bonds is 4. The van der Waals surface area contributed by atoms with Crippen molar-refractivity contribution in [2.45, 2.75) is 37.3 Å². The molecule has 1 aliphatic heterocycles. The molecule has 1 aliphatic rings. The van der Waals surface area contributed by atoms with Gasteiger partial charge in [-0.1, -0.05) is 43.2 Å². The fourth-order valence-corrected chi connectivity index (χ4v) is 2.77. The summed E-state index contributed by atoms with van der Waals surface area (Å²) in [4.78, 5) is 0. The van der Waals surface area contributed by atoms with E-state index in [9.17, 15) is 5.11 Å². The minimum Gasteiger partial charge on any atom is -0.381 e. The van der Waals surface area contributed by atoms with E-state index >= 15 is 0 Å². The lowest BCUT2D eigenvalue weighted by atomic mass is 9.84. The molecule has 0 bridgehead atoms. The van der Waals surface area contributed by atoms with Crippen molar-refractivity contribution >= 4 is 0 Å². The van der Waals surface area contributed by atoms with Crippen LogP contribution in [-0.4, -0.2) is 31.4 Å². The minimum atomic E-state index is -0.930. The number of nitrogens with one attached hydrogen (secondary N) is 1. The lowest BCUT2D eigenvalue weighted by Gasteiger charge is -2.36. The third-order valence-electron chi connectivity index (χ3n) is 3.77. The summed E-state index contributed by atoms with van der Waals surface area (Å²) in [7, 11) is 1.64. The summed E-state index contributed by atoms with van der Waals surface area (Å²) in [6.07, 6.45) is 4.58. The number of benzene rings is 1. The monoisotopic (exact) mass is 249 g/mol. The van der Waals surface area contributed by atoms with E-state index in [0.29, 0.717) is 6.61 Å². The Morgan fingerprint density at radius 3 is 2.78 bits per heavy atom. The Morgan fingerprint density at radius 1 is 1.28 bits per heavy atom. The van der Waals surface area contributed by atoms with E-state index in [2.05, 4.69) is 5.32 Å². The molecule has 100 valence electrons. The van der Waals surface area contributed by atoms with Gasteiger partial charge in [0, 0.05) is 13.2 Å². The van der Waals surface area contributed by atoms with Crippen molar-refractivity contribution < 1.29 is 9.84 Å². The van der Waals surface area contributed by atoms with E-state index in [1.165, 1.54) is 12.8 Å². The maximum absolute atomic E-state index is 11.0. The lowest BCUT2D eigenvalue weighted by Crippen LogP contribution is -2.51. The summed E-state index contributed by atoms with van der Waals surface area (Å²) in [6.45, 7) is 1.30. The molecule has 1 fully saturated rings. The minimum absolute atomic E-state index is 0.0716. The SMILES string of the molecule is COCC(O)(c1ccccc1)C1CCCCCN1. The highest BCUT2D eigenvalue weighted by Crippen LogP contribution is 2.29. The molecule has 1 aromatic rings. The Morgan fingerprint density at radius 2 is 2.06 bits per heavy atom. The molecule has 2 unspecified atom stereocenters. The second kappa shape index (κ2) is 6.32. The van der Waals surface area contributed by atoms with Crippen LogP contribution in [0.5, 0.6) is 0 Å². The lowest BCUT2D eigenvalue weighted by molar-refractivity contribution is -0.0646. The summed E-state index contributed by atoms with van der Waals surface area (Å²) in [5.41, 5.74) is 0.00613. The summed E-state index contributed by atoms with van der Waals surface area (Å²) < 4.78 is 5.27. The Bertz CT molecular complexity index is 347. The van der Waals surface area contributed by atoms with Crippen molar-refractivity contribution in [2.24, 2.45) is 0 Å². The maximum atomic E-state index is 11.0. The van der Waals surface area contributed by atoms with Crippen LogP contribution in [0, 0.1) is 0 Å². The van der Waals surface area contributed by atoms with Crippen LogP contribution in [0.25, 0.3) is 0 Å². The summed E-state index contributed by atoms with van der Waals surface area (Å²) >= 11 is 0. The normalized spacial score (nSPS) is 24.2. The number of methoxy groups -OCH3 is 1. The standard InChI is InChI=1S/C15H23NO2/c1-18-12-15(17,13-8-4-2-5-9-13)14-10-6-3-7-11-16-14/h2,4-5,8-9,14,16-17H,3,6-7,10-12H2,1H3. The van der Waals surface area contributed by atoms with E-state index in [1.54, 1.807) is 7.11 Å². The number of aliphatic hydroxyl groups is 1. The van der Waals surface area contributed by atoms with Gasteiger partial charge in [0.05, 0.1) is 6.61 Å². The van der Waals surface area contributed by atoms with Gasteiger partial charge in [0.25, 0.3) is 0 Å². The Labute approximate surface area is 109 Å². The first-order valence-electron chi connectivity index (χ1n) is 6.77. The largest absolute Gasteiger partial charge is 0.381 e. The highest BCUT2D eigenvalue weighted by Gasteiger charge is 2.38. The molecule has 18 heavy (non-hydrogen) atoms. The van der Waals surface area contributed by atoms with Gasteiger partial charge < -0.3 is 15.2 Å². The summed E-state index contributed by atoms with van der Waals surface area (Å²) in [5, 5.41) is 14.5. The number of hydrogen-bond acceptors (Lipinski definition) is 3. The topological polar surface area (TPSA) is 41.5 Å². The first kappa shape index (κ1) is 13.5. The molecule has 0 aromatic heterocycles. The van der Waals surface area contributed by atoms with Crippen LogP contribution in [-0.2, 0) is 10.3 Å². The molecular formula is C15H23NO2. The Kier molecular flexibility index (Phi) is 4.75. The second-order valence-electron chi connectivity index (χ2n) is 5.08. The van der Waals surface area contributed by atoms with Gasteiger partial charge in [0.1, 0.15) is 5.60 Å². The quantitative estimate of drug-likeness (QED) is 0.858. The van der Waals surface area contributed by atoms with Gasteiger partial charge in [-0.05, 0) is 24.9 Å². The average Bonchev–Trinajstić information content (AvgIpc) is 2.69. The number of ether oxygens (including phenoxy) is 1. The molecule has 1 aromatic carbocycles. The first-order valence-corrected chi connectivity index (χ1v) is 6.77. The van der Waals surface area contributed by atoms with Gasteiger partial charge in [-0.2, -0.15) is 0 Å². The third-order valence-corrected chi connectivity index (χ3v) is 3.77. The van der Waals surface area contributed by atoms with Crippen LogP contribution < -0.4 is 5.32 Å². The fourth-order valence-electron chi connectivity index (χ4n) is 2.77. The molecule has 3 heteroatoms. The van der Waals surface area contributed by atoms with Gasteiger partial charge in [0.2, 0.25) is 0 Å². The Balaban J connectivity index is 2.24. The van der Waals surface area contributed by atoms with Crippen molar-refractivity contribution in [1.82, 2.24) is 5.32 Å². The van der Waals surface area contributed by atoms with Crippen molar-refractivity contribution in [3.63, 3.8) is 0 Å². The Hall–Kier alpha value is -0.900. The van der Waals surface area contributed by atoms with Gasteiger partial charge in [-0.15, -0.1) is 0 Å². The predicted molar refractivity (Wildman–Crippen MR) is 72.5 cm³/mol. The molecule has 0 amide bonds. The molecule has 2 rings (SSSR count).